The number of aliphatic hydroxyl groups excluding tert-OH is 1. The first-order chi connectivity index (χ1) is 20.4. The molecule has 0 saturated heterocycles. The third kappa shape index (κ3) is 9.26. The monoisotopic (exact) mass is 596 g/mol. The molecule has 2 heterocycles. The van der Waals surface area contributed by atoms with E-state index in [0.29, 0.717) is 11.0 Å². The van der Waals surface area contributed by atoms with Crippen molar-refractivity contribution in [1.29, 1.82) is 0 Å². The van der Waals surface area contributed by atoms with E-state index in [-0.39, 0.29) is 44.0 Å². The molecule has 0 saturated carbocycles. The van der Waals surface area contributed by atoms with Crippen LogP contribution in [0.1, 0.15) is 39.4 Å². The van der Waals surface area contributed by atoms with Crippen LogP contribution in [0.3, 0.4) is 0 Å². The van der Waals surface area contributed by atoms with E-state index < -0.39 is 41.2 Å². The molecule has 0 bridgehead atoms. The topological polar surface area (TPSA) is 183 Å². The van der Waals surface area contributed by atoms with Crippen LogP contribution < -0.4 is 21.5 Å². The summed E-state index contributed by atoms with van der Waals surface area (Å²) in [5, 5.41) is 16.2. The molecule has 230 valence electrons. The van der Waals surface area contributed by atoms with Crippen molar-refractivity contribution in [3.63, 3.8) is 0 Å². The Morgan fingerprint density at radius 1 is 1.12 bits per heavy atom. The molecule has 1 unspecified atom stereocenters. The van der Waals surface area contributed by atoms with Gasteiger partial charge in [-0.2, -0.15) is 0 Å². The number of rotatable bonds is 11. The van der Waals surface area contributed by atoms with Gasteiger partial charge in [0.25, 0.3) is 5.56 Å². The summed E-state index contributed by atoms with van der Waals surface area (Å²) in [4.78, 5) is 67.7. The Balaban J connectivity index is 1.82. The molecule has 0 aliphatic rings. The number of imidazole rings is 1. The molecule has 0 aliphatic carbocycles. The molecule has 3 aromatic rings. The average molecular weight is 597 g/mol. The van der Waals surface area contributed by atoms with Crippen LogP contribution in [0.5, 0.6) is 0 Å². The highest BCUT2D eigenvalue weighted by molar-refractivity contribution is 5.96. The number of carbonyl (C=O) groups excluding carboxylic acids is 4. The zero-order valence-corrected chi connectivity index (χ0v) is 24.5. The summed E-state index contributed by atoms with van der Waals surface area (Å²) in [5.74, 6) is -0.846. The maximum Gasteiger partial charge on any atom is 0.420 e. The molecular formula is C29H36N6O8. The average Bonchev–Trinajstić information content (AvgIpc) is 3.32. The zero-order valence-electron chi connectivity index (χ0n) is 24.5. The first-order valence-corrected chi connectivity index (χ1v) is 13.5. The fourth-order valence-electron chi connectivity index (χ4n) is 3.98. The lowest BCUT2D eigenvalue weighted by atomic mass is 10.1. The van der Waals surface area contributed by atoms with Gasteiger partial charge in [0.05, 0.1) is 31.3 Å². The van der Waals surface area contributed by atoms with E-state index >= 15 is 0 Å². The minimum atomic E-state index is -1.10. The highest BCUT2D eigenvalue weighted by Crippen LogP contribution is 2.19. The normalized spacial score (nSPS) is 12.1. The van der Waals surface area contributed by atoms with Gasteiger partial charge in [0.15, 0.2) is 0 Å². The van der Waals surface area contributed by atoms with Gasteiger partial charge in [0, 0.05) is 12.7 Å². The van der Waals surface area contributed by atoms with Crippen LogP contribution in [-0.2, 0) is 25.6 Å². The molecule has 3 rings (SSSR count). The number of ether oxygens (including phenoxy) is 2. The molecule has 14 nitrogen and oxygen atoms in total. The summed E-state index contributed by atoms with van der Waals surface area (Å²) in [6, 6.07) is 8.87. The molecule has 0 aliphatic heterocycles. The Morgan fingerprint density at radius 2 is 1.86 bits per heavy atom. The van der Waals surface area contributed by atoms with Gasteiger partial charge in [-0.3, -0.25) is 14.4 Å². The largest absolute Gasteiger partial charge is 0.453 e. The van der Waals surface area contributed by atoms with Crippen molar-refractivity contribution < 1.29 is 33.8 Å². The Labute approximate surface area is 247 Å². The maximum absolute atomic E-state index is 13.4. The van der Waals surface area contributed by atoms with E-state index in [0.717, 1.165) is 7.11 Å². The Bertz CT molecular complexity index is 1550. The second-order valence-corrected chi connectivity index (χ2v) is 10.4. The third-order valence-electron chi connectivity index (χ3n) is 5.89. The number of anilines is 1. The lowest BCUT2D eigenvalue weighted by Crippen LogP contribution is -2.44. The third-order valence-corrected chi connectivity index (χ3v) is 5.89. The van der Waals surface area contributed by atoms with Crippen molar-refractivity contribution >= 4 is 40.7 Å². The molecule has 2 aromatic heterocycles. The summed E-state index contributed by atoms with van der Waals surface area (Å²) < 4.78 is 12.8. The number of aromatic nitrogens is 3. The molecule has 14 heteroatoms. The second kappa shape index (κ2) is 14.8. The van der Waals surface area contributed by atoms with Crippen LogP contribution in [0.25, 0.3) is 11.0 Å². The first-order valence-electron chi connectivity index (χ1n) is 13.5. The number of allylic oxidation sites excluding steroid dienone is 1. The molecule has 0 spiro atoms. The minimum absolute atomic E-state index is 0.0666. The summed E-state index contributed by atoms with van der Waals surface area (Å²) in [6.45, 7) is 5.03. The smallest absolute Gasteiger partial charge is 0.420 e. The first kappa shape index (κ1) is 32.5. The highest BCUT2D eigenvalue weighted by Gasteiger charge is 2.25. The van der Waals surface area contributed by atoms with E-state index in [1.807, 2.05) is 0 Å². The fraction of sp³-hybridized carbons (Fsp3) is 0.379. The summed E-state index contributed by atoms with van der Waals surface area (Å²) in [6.07, 6.45) is 3.08. The van der Waals surface area contributed by atoms with Crippen molar-refractivity contribution in [2.75, 3.05) is 25.6 Å². The van der Waals surface area contributed by atoms with E-state index in [2.05, 4.69) is 25.7 Å². The van der Waals surface area contributed by atoms with Gasteiger partial charge in [-0.1, -0.05) is 18.2 Å². The number of hydrogen-bond acceptors (Lipinski definition) is 9. The predicted octanol–water partition coefficient (Wildman–Crippen LogP) is 2.14. The quantitative estimate of drug-likeness (QED) is 0.241. The molecule has 3 amide bonds. The number of nitrogens with one attached hydrogen (secondary N) is 3. The van der Waals surface area contributed by atoms with Crippen LogP contribution in [0.15, 0.2) is 59.5 Å². The summed E-state index contributed by atoms with van der Waals surface area (Å²) >= 11 is 0. The van der Waals surface area contributed by atoms with E-state index in [1.165, 1.54) is 33.5 Å². The van der Waals surface area contributed by atoms with Gasteiger partial charge in [0.2, 0.25) is 11.8 Å². The van der Waals surface area contributed by atoms with Gasteiger partial charge in [-0.25, -0.2) is 19.1 Å². The standard InChI is InChI=1S/C29H36N6O8/c1-29(2,3)43-28(41)35-22-13-7-5-10-19(22)31-23(35)18-34-16-9-12-21(26(34)39)32-25(38)20(33-27(40)42-4)11-6-8-14-24(37)30-15-17-36/h5,7-10,12-14,16,20,36H,6,11,15,17-18H2,1-4H3,(H,30,37)(H,32,38)(H,33,40)/b14-8+. The summed E-state index contributed by atoms with van der Waals surface area (Å²) in [7, 11) is 1.15. The van der Waals surface area contributed by atoms with Gasteiger partial charge in [0.1, 0.15) is 23.2 Å². The van der Waals surface area contributed by atoms with Gasteiger partial charge >= 0.3 is 12.2 Å². The molecular weight excluding hydrogens is 560 g/mol. The van der Waals surface area contributed by atoms with E-state index in [4.69, 9.17) is 9.84 Å². The number of alkyl carbamates (subject to hydrolysis) is 1. The number of nitrogens with zero attached hydrogens (tertiary/aromatic N) is 3. The SMILES string of the molecule is COC(=O)NC(CC/C=C/C(=O)NCCO)C(=O)Nc1cccn(Cc2nc3ccccc3n2C(=O)OC(C)(C)C)c1=O. The molecule has 1 atom stereocenters. The Morgan fingerprint density at radius 3 is 2.56 bits per heavy atom. The van der Waals surface area contributed by atoms with Crippen molar-refractivity contribution in [3.05, 3.63) is 70.9 Å². The number of methoxy groups -OCH3 is 1. The van der Waals surface area contributed by atoms with E-state index in [1.54, 1.807) is 51.1 Å². The molecule has 0 fully saturated rings. The number of aliphatic hydroxyl groups is 1. The number of hydrogen-bond donors (Lipinski definition) is 4. The van der Waals surface area contributed by atoms with Crippen LogP contribution >= 0.6 is 0 Å². The fourth-order valence-corrected chi connectivity index (χ4v) is 3.98. The van der Waals surface area contributed by atoms with Crippen LogP contribution in [-0.4, -0.2) is 75.1 Å². The number of benzene rings is 1. The number of para-hydroxylation sites is 2. The molecule has 4 N–H and O–H groups in total. The Kier molecular flexibility index (Phi) is 11.2. The van der Waals surface area contributed by atoms with Crippen LogP contribution in [0.4, 0.5) is 15.3 Å². The van der Waals surface area contributed by atoms with Gasteiger partial charge < -0.3 is 35.1 Å². The van der Waals surface area contributed by atoms with Crippen LogP contribution in [0, 0.1) is 0 Å². The maximum atomic E-state index is 13.4. The van der Waals surface area contributed by atoms with E-state index in [9.17, 15) is 24.0 Å². The van der Waals surface area contributed by atoms with Gasteiger partial charge in [-0.15, -0.1) is 0 Å². The lowest BCUT2D eigenvalue weighted by molar-refractivity contribution is -0.118. The Hall–Kier alpha value is -4.98. The van der Waals surface area contributed by atoms with Crippen molar-refractivity contribution in [1.82, 2.24) is 24.8 Å². The number of amides is 3. The summed E-state index contributed by atoms with van der Waals surface area (Å²) in [5.41, 5.74) is -0.352. The number of carbonyl (C=O) groups is 4. The molecule has 43 heavy (non-hydrogen) atoms. The van der Waals surface area contributed by atoms with Gasteiger partial charge in [-0.05, 0) is 64.0 Å². The molecule has 0 radical (unpaired) electrons. The number of fused-ring (bicyclic) bond motifs is 1. The lowest BCUT2D eigenvalue weighted by Gasteiger charge is -2.20. The second-order valence-electron chi connectivity index (χ2n) is 10.4. The van der Waals surface area contributed by atoms with Crippen LogP contribution in [0.2, 0.25) is 0 Å². The number of pyridine rings is 1. The van der Waals surface area contributed by atoms with Crippen molar-refractivity contribution in [3.8, 4) is 0 Å². The van der Waals surface area contributed by atoms with Crippen molar-refractivity contribution in [2.45, 2.75) is 51.8 Å². The zero-order chi connectivity index (χ0) is 31.6. The highest BCUT2D eigenvalue weighted by atomic mass is 16.6. The predicted molar refractivity (Wildman–Crippen MR) is 158 cm³/mol. The minimum Gasteiger partial charge on any atom is -0.453 e. The molecule has 1 aromatic carbocycles. The van der Waals surface area contributed by atoms with Crippen molar-refractivity contribution in [2.24, 2.45) is 0 Å².